The molecule has 0 radical (unpaired) electrons. The molecule has 1 N–H and O–H groups in total. The summed E-state index contributed by atoms with van der Waals surface area (Å²) in [6, 6.07) is 11.7. The van der Waals surface area contributed by atoms with Crippen LogP contribution in [0.3, 0.4) is 0 Å². The minimum absolute atomic E-state index is 0.0205. The van der Waals surface area contributed by atoms with Crippen molar-refractivity contribution in [3.63, 3.8) is 0 Å². The molecular weight excluding hydrogens is 446 g/mol. The van der Waals surface area contributed by atoms with Gasteiger partial charge in [0.15, 0.2) is 5.78 Å². The molecule has 6 nitrogen and oxygen atoms in total. The summed E-state index contributed by atoms with van der Waals surface area (Å²) in [6.45, 7) is 5.67. The van der Waals surface area contributed by atoms with Gasteiger partial charge in [-0.25, -0.2) is 8.42 Å². The number of hydrogen-bond donors (Lipinski definition) is 1. The third kappa shape index (κ3) is 4.04. The second-order valence-electron chi connectivity index (χ2n) is 9.02. The van der Waals surface area contributed by atoms with Gasteiger partial charge in [-0.2, -0.15) is 0 Å². The van der Waals surface area contributed by atoms with Gasteiger partial charge in [0.25, 0.3) is 0 Å². The van der Waals surface area contributed by atoms with Crippen LogP contribution in [0, 0.1) is 12.3 Å². The van der Waals surface area contributed by atoms with E-state index in [2.05, 4.69) is 0 Å². The fourth-order valence-electron chi connectivity index (χ4n) is 4.46. The van der Waals surface area contributed by atoms with E-state index in [0.717, 1.165) is 21.8 Å². The summed E-state index contributed by atoms with van der Waals surface area (Å²) in [7, 11) is -3.61. The number of thiophene rings is 1. The Bertz CT molecular complexity index is 1310. The minimum atomic E-state index is -3.61. The molecule has 1 aliphatic rings. The van der Waals surface area contributed by atoms with E-state index in [0.29, 0.717) is 24.8 Å². The van der Waals surface area contributed by atoms with Crippen molar-refractivity contribution in [3.05, 3.63) is 69.9 Å². The zero-order valence-corrected chi connectivity index (χ0v) is 19.8. The van der Waals surface area contributed by atoms with Crippen LogP contribution in [0.2, 0.25) is 0 Å². The summed E-state index contributed by atoms with van der Waals surface area (Å²) in [5.41, 5.74) is 2.71. The molecule has 8 heteroatoms. The van der Waals surface area contributed by atoms with Crippen LogP contribution in [-0.4, -0.2) is 29.8 Å². The molecule has 0 atom stereocenters. The maximum atomic E-state index is 13.1. The Morgan fingerprint density at radius 3 is 2.47 bits per heavy atom. The molecule has 0 saturated heterocycles. The predicted molar refractivity (Wildman–Crippen MR) is 122 cm³/mol. The molecule has 0 spiro atoms. The van der Waals surface area contributed by atoms with Crippen LogP contribution in [0.15, 0.2) is 51.6 Å². The van der Waals surface area contributed by atoms with E-state index in [1.165, 1.54) is 11.3 Å². The summed E-state index contributed by atoms with van der Waals surface area (Å²) in [4.78, 5) is 25.6. The van der Waals surface area contributed by atoms with Gasteiger partial charge in [0.05, 0.1) is 4.90 Å². The fraction of sp³-hybridized carbons (Fsp3) is 0.333. The van der Waals surface area contributed by atoms with Gasteiger partial charge >= 0.3 is 5.97 Å². The van der Waals surface area contributed by atoms with E-state index < -0.39 is 15.8 Å². The second-order valence-corrected chi connectivity index (χ2v) is 12.4. The number of aliphatic carboxylic acids is 1. The summed E-state index contributed by atoms with van der Waals surface area (Å²) in [5, 5.41) is 9.42. The number of carboxylic acid groups (broad SMARTS) is 1. The molecule has 0 unspecified atom stereocenters. The van der Waals surface area contributed by atoms with E-state index in [-0.39, 0.29) is 26.8 Å². The van der Waals surface area contributed by atoms with Crippen molar-refractivity contribution < 1.29 is 23.1 Å². The highest BCUT2D eigenvalue weighted by Crippen LogP contribution is 2.40. The number of nitrogens with zero attached hydrogens (tertiary/aromatic N) is 1. The SMILES string of the molecule is Cc1c(Cc2ccc(S(=O)(=O)c3ccccc3)s2)c2c(n1CC(=O)O)CC(C)(C)CC2=O. The highest BCUT2D eigenvalue weighted by molar-refractivity contribution is 7.93. The minimum Gasteiger partial charge on any atom is -0.480 e. The third-order valence-corrected chi connectivity index (χ3v) is 9.27. The van der Waals surface area contributed by atoms with Crippen LogP contribution < -0.4 is 0 Å². The lowest BCUT2D eigenvalue weighted by Crippen LogP contribution is -2.29. The third-order valence-electron chi connectivity index (χ3n) is 5.92. The molecule has 0 amide bonds. The van der Waals surface area contributed by atoms with E-state index in [1.54, 1.807) is 47.0 Å². The van der Waals surface area contributed by atoms with E-state index in [4.69, 9.17) is 0 Å². The molecule has 0 fully saturated rings. The van der Waals surface area contributed by atoms with Crippen LogP contribution in [0.1, 0.15) is 52.5 Å². The van der Waals surface area contributed by atoms with E-state index >= 15 is 0 Å². The van der Waals surface area contributed by atoms with Crippen molar-refractivity contribution in [2.24, 2.45) is 5.41 Å². The predicted octanol–water partition coefficient (Wildman–Crippen LogP) is 4.52. The summed E-state index contributed by atoms with van der Waals surface area (Å²) >= 11 is 1.19. The maximum absolute atomic E-state index is 13.1. The zero-order valence-electron chi connectivity index (χ0n) is 18.2. The second kappa shape index (κ2) is 8.01. The standard InChI is InChI=1S/C24H25NO5S2/c1-15-18(23-19(25(15)14-21(27)28)12-24(2,3)13-20(23)26)11-16-9-10-22(31-16)32(29,30)17-7-5-4-6-8-17/h4-10H,11-14H2,1-3H3,(H,27,28). The van der Waals surface area contributed by atoms with E-state index in [1.807, 2.05) is 20.8 Å². The quantitative estimate of drug-likeness (QED) is 0.570. The topological polar surface area (TPSA) is 93.4 Å². The Labute approximate surface area is 191 Å². The first kappa shape index (κ1) is 22.5. The first-order valence-corrected chi connectivity index (χ1v) is 12.6. The molecule has 0 aliphatic heterocycles. The van der Waals surface area contributed by atoms with Gasteiger partial charge in [0.2, 0.25) is 9.84 Å². The molecule has 2 aromatic heterocycles. The molecule has 1 aromatic carbocycles. The van der Waals surface area contributed by atoms with Gasteiger partial charge in [-0.05, 0) is 48.6 Å². The number of ketones is 1. The van der Waals surface area contributed by atoms with Crippen LogP contribution >= 0.6 is 11.3 Å². The van der Waals surface area contributed by atoms with Crippen LogP contribution in [-0.2, 0) is 34.0 Å². The molecular formula is C24H25NO5S2. The average Bonchev–Trinajstić information content (AvgIpc) is 3.27. The number of hydrogen-bond acceptors (Lipinski definition) is 5. The van der Waals surface area contributed by atoms with Gasteiger partial charge in [-0.15, -0.1) is 11.3 Å². The molecule has 0 saturated carbocycles. The Balaban J connectivity index is 1.74. The number of sulfone groups is 1. The number of benzene rings is 1. The number of aromatic nitrogens is 1. The lowest BCUT2D eigenvalue weighted by atomic mass is 9.75. The van der Waals surface area contributed by atoms with E-state index in [9.17, 15) is 23.1 Å². The smallest absolute Gasteiger partial charge is 0.323 e. The Morgan fingerprint density at radius 2 is 1.81 bits per heavy atom. The number of carbonyl (C=O) groups excluding carboxylic acids is 1. The van der Waals surface area contributed by atoms with Crippen molar-refractivity contribution in [2.45, 2.75) is 55.7 Å². The average molecular weight is 472 g/mol. The van der Waals surface area contributed by atoms with Crippen LogP contribution in [0.4, 0.5) is 0 Å². The summed E-state index contributed by atoms with van der Waals surface area (Å²) < 4.78 is 27.9. The number of carboxylic acids is 1. The molecule has 3 aromatic rings. The molecule has 4 rings (SSSR count). The molecule has 1 aliphatic carbocycles. The normalized spacial score (nSPS) is 15.5. The summed E-state index contributed by atoms with van der Waals surface area (Å²) in [5.74, 6) is -0.937. The number of carbonyl (C=O) groups is 2. The summed E-state index contributed by atoms with van der Waals surface area (Å²) in [6.07, 6.45) is 1.42. The van der Waals surface area contributed by atoms with Gasteiger partial charge in [-0.1, -0.05) is 32.0 Å². The Hall–Kier alpha value is -2.71. The number of rotatable bonds is 6. The fourth-order valence-corrected chi connectivity index (χ4v) is 7.25. The molecule has 168 valence electrons. The Morgan fingerprint density at radius 1 is 1.12 bits per heavy atom. The zero-order chi connectivity index (χ0) is 23.3. The van der Waals surface area contributed by atoms with Crippen molar-refractivity contribution >= 4 is 32.9 Å². The first-order valence-electron chi connectivity index (χ1n) is 10.3. The molecule has 0 bridgehead atoms. The Kier molecular flexibility index (Phi) is 5.63. The highest BCUT2D eigenvalue weighted by atomic mass is 32.2. The van der Waals surface area contributed by atoms with Gasteiger partial charge in [0.1, 0.15) is 10.8 Å². The van der Waals surface area contributed by atoms with Crippen molar-refractivity contribution in [1.82, 2.24) is 4.57 Å². The maximum Gasteiger partial charge on any atom is 0.323 e. The lowest BCUT2D eigenvalue weighted by molar-refractivity contribution is -0.137. The van der Waals surface area contributed by atoms with Crippen molar-refractivity contribution in [2.75, 3.05) is 0 Å². The first-order chi connectivity index (χ1) is 15.0. The van der Waals surface area contributed by atoms with Crippen LogP contribution in [0.5, 0.6) is 0 Å². The van der Waals surface area contributed by atoms with Crippen molar-refractivity contribution in [1.29, 1.82) is 0 Å². The molecule has 32 heavy (non-hydrogen) atoms. The van der Waals surface area contributed by atoms with Crippen molar-refractivity contribution in [3.8, 4) is 0 Å². The lowest BCUT2D eigenvalue weighted by Gasteiger charge is -2.30. The largest absolute Gasteiger partial charge is 0.480 e. The number of Topliss-reactive ketones (excluding diaryl/α,β-unsaturated/α-hetero) is 1. The number of fused-ring (bicyclic) bond motifs is 1. The highest BCUT2D eigenvalue weighted by Gasteiger charge is 2.37. The van der Waals surface area contributed by atoms with Gasteiger partial charge in [-0.3, -0.25) is 9.59 Å². The van der Waals surface area contributed by atoms with Gasteiger partial charge < -0.3 is 9.67 Å². The molecule has 2 heterocycles. The van der Waals surface area contributed by atoms with Crippen LogP contribution in [0.25, 0.3) is 0 Å². The monoisotopic (exact) mass is 471 g/mol. The van der Waals surface area contributed by atoms with Gasteiger partial charge in [0, 0.05) is 34.7 Å².